The van der Waals surface area contributed by atoms with E-state index in [2.05, 4.69) is 10.0 Å². The zero-order valence-electron chi connectivity index (χ0n) is 15.6. The number of carbonyl (C=O) groups is 2. The maximum absolute atomic E-state index is 12.5. The number of anilines is 1. The van der Waals surface area contributed by atoms with Gasteiger partial charge in [0.2, 0.25) is 21.8 Å². The lowest BCUT2D eigenvalue weighted by molar-refractivity contribution is -0.120. The van der Waals surface area contributed by atoms with Gasteiger partial charge in [0, 0.05) is 32.2 Å². The number of carbonyl (C=O) groups excluding carboxylic acids is 2. The Morgan fingerprint density at radius 1 is 1.07 bits per heavy atom. The van der Waals surface area contributed by atoms with E-state index in [1.807, 2.05) is 30.3 Å². The first kappa shape index (κ1) is 20.0. The van der Waals surface area contributed by atoms with Crippen LogP contribution in [-0.4, -0.2) is 39.9 Å². The fourth-order valence-corrected chi connectivity index (χ4v) is 4.27. The summed E-state index contributed by atoms with van der Waals surface area (Å²) in [5.74, 6) is -0.217. The van der Waals surface area contributed by atoms with Crippen LogP contribution in [0.25, 0.3) is 0 Å². The summed E-state index contributed by atoms with van der Waals surface area (Å²) in [5.41, 5.74) is 2.51. The second-order valence-electron chi connectivity index (χ2n) is 6.62. The molecule has 2 aromatic rings. The molecule has 28 heavy (non-hydrogen) atoms. The standard InChI is InChI=1S/C20H23N3O4S/c1-15(24)23-12-9-17-14-18(7-8-19(17)23)28(26,27)22-11-10-21-20(25)13-16-5-3-2-4-6-16/h2-8,14,22H,9-13H2,1H3,(H,21,25). The third-order valence-electron chi connectivity index (χ3n) is 4.58. The normalized spacial score (nSPS) is 13.2. The van der Waals surface area contributed by atoms with Gasteiger partial charge in [-0.2, -0.15) is 0 Å². The van der Waals surface area contributed by atoms with Gasteiger partial charge < -0.3 is 10.2 Å². The topological polar surface area (TPSA) is 95.6 Å². The van der Waals surface area contributed by atoms with Crippen LogP contribution < -0.4 is 14.9 Å². The van der Waals surface area contributed by atoms with Gasteiger partial charge in [-0.1, -0.05) is 30.3 Å². The molecule has 0 bridgehead atoms. The van der Waals surface area contributed by atoms with Gasteiger partial charge in [-0.15, -0.1) is 0 Å². The van der Waals surface area contributed by atoms with E-state index in [1.165, 1.54) is 13.0 Å². The number of nitrogens with zero attached hydrogens (tertiary/aromatic N) is 1. The summed E-state index contributed by atoms with van der Waals surface area (Å²) >= 11 is 0. The average molecular weight is 401 g/mol. The summed E-state index contributed by atoms with van der Waals surface area (Å²) < 4.78 is 27.5. The van der Waals surface area contributed by atoms with Gasteiger partial charge in [0.15, 0.2) is 0 Å². The maximum Gasteiger partial charge on any atom is 0.240 e. The molecule has 0 saturated carbocycles. The van der Waals surface area contributed by atoms with Crippen molar-refractivity contribution in [3.63, 3.8) is 0 Å². The zero-order valence-corrected chi connectivity index (χ0v) is 16.5. The van der Waals surface area contributed by atoms with E-state index in [9.17, 15) is 18.0 Å². The molecule has 1 heterocycles. The molecular weight excluding hydrogens is 378 g/mol. The molecule has 2 aromatic carbocycles. The first-order valence-corrected chi connectivity index (χ1v) is 10.6. The van der Waals surface area contributed by atoms with E-state index in [4.69, 9.17) is 0 Å². The summed E-state index contributed by atoms with van der Waals surface area (Å²) in [4.78, 5) is 25.3. The van der Waals surface area contributed by atoms with E-state index in [-0.39, 0.29) is 36.2 Å². The Bertz CT molecular complexity index is 974. The Balaban J connectivity index is 1.52. The van der Waals surface area contributed by atoms with Crippen LogP contribution in [0.1, 0.15) is 18.1 Å². The third kappa shape index (κ3) is 4.76. The van der Waals surface area contributed by atoms with Crippen LogP contribution in [0.4, 0.5) is 5.69 Å². The average Bonchev–Trinajstić information content (AvgIpc) is 3.09. The van der Waals surface area contributed by atoms with Crippen molar-refractivity contribution in [3.8, 4) is 0 Å². The van der Waals surface area contributed by atoms with Crippen molar-refractivity contribution in [2.75, 3.05) is 24.5 Å². The van der Waals surface area contributed by atoms with Gasteiger partial charge >= 0.3 is 0 Å². The Morgan fingerprint density at radius 2 is 1.82 bits per heavy atom. The van der Waals surface area contributed by atoms with E-state index >= 15 is 0 Å². The molecule has 7 nitrogen and oxygen atoms in total. The molecule has 2 amide bonds. The Hall–Kier alpha value is -2.71. The first-order valence-electron chi connectivity index (χ1n) is 9.08. The number of benzene rings is 2. The number of rotatable bonds is 7. The molecule has 0 atom stereocenters. The van der Waals surface area contributed by atoms with Gasteiger partial charge in [-0.05, 0) is 35.7 Å². The van der Waals surface area contributed by atoms with Gasteiger partial charge in [-0.3, -0.25) is 9.59 Å². The van der Waals surface area contributed by atoms with Crippen molar-refractivity contribution in [2.45, 2.75) is 24.7 Å². The third-order valence-corrected chi connectivity index (χ3v) is 6.04. The molecule has 2 N–H and O–H groups in total. The molecular formula is C20H23N3O4S. The molecule has 0 aliphatic carbocycles. The molecule has 0 saturated heterocycles. The van der Waals surface area contributed by atoms with Crippen molar-refractivity contribution in [1.82, 2.24) is 10.0 Å². The Morgan fingerprint density at radius 3 is 2.54 bits per heavy atom. The lowest BCUT2D eigenvalue weighted by Gasteiger charge is -2.15. The quantitative estimate of drug-likeness (QED) is 0.682. The van der Waals surface area contributed by atoms with E-state index in [1.54, 1.807) is 17.0 Å². The van der Waals surface area contributed by atoms with Gasteiger partial charge in [0.05, 0.1) is 11.3 Å². The highest BCUT2D eigenvalue weighted by atomic mass is 32.2. The Labute approximate surface area is 164 Å². The second kappa shape index (κ2) is 8.53. The fourth-order valence-electron chi connectivity index (χ4n) is 3.19. The maximum atomic E-state index is 12.5. The number of hydrogen-bond acceptors (Lipinski definition) is 4. The molecule has 8 heteroatoms. The lowest BCUT2D eigenvalue weighted by Crippen LogP contribution is -2.35. The lowest BCUT2D eigenvalue weighted by atomic mass is 10.1. The highest BCUT2D eigenvalue weighted by Crippen LogP contribution is 2.30. The van der Waals surface area contributed by atoms with E-state index in [0.717, 1.165) is 16.8 Å². The fraction of sp³-hybridized carbons (Fsp3) is 0.300. The summed E-state index contributed by atoms with van der Waals surface area (Å²) in [6.45, 7) is 2.36. The smallest absolute Gasteiger partial charge is 0.240 e. The predicted molar refractivity (Wildman–Crippen MR) is 107 cm³/mol. The van der Waals surface area contributed by atoms with Crippen molar-refractivity contribution in [3.05, 3.63) is 59.7 Å². The monoisotopic (exact) mass is 401 g/mol. The summed E-state index contributed by atoms with van der Waals surface area (Å²) in [6, 6.07) is 14.1. The molecule has 0 radical (unpaired) electrons. The summed E-state index contributed by atoms with van der Waals surface area (Å²) in [6.07, 6.45) is 0.888. The van der Waals surface area contributed by atoms with Gasteiger partial charge in [-0.25, -0.2) is 13.1 Å². The van der Waals surface area contributed by atoms with Crippen LogP contribution in [0, 0.1) is 0 Å². The highest BCUT2D eigenvalue weighted by molar-refractivity contribution is 7.89. The number of hydrogen-bond donors (Lipinski definition) is 2. The van der Waals surface area contributed by atoms with Crippen LogP contribution in [0.3, 0.4) is 0 Å². The molecule has 0 fully saturated rings. The molecule has 0 unspecified atom stereocenters. The van der Waals surface area contributed by atoms with Crippen LogP contribution in [0.15, 0.2) is 53.4 Å². The van der Waals surface area contributed by atoms with Gasteiger partial charge in [0.25, 0.3) is 0 Å². The highest BCUT2D eigenvalue weighted by Gasteiger charge is 2.24. The van der Waals surface area contributed by atoms with E-state index < -0.39 is 10.0 Å². The summed E-state index contributed by atoms with van der Waals surface area (Å²) in [5, 5.41) is 2.71. The van der Waals surface area contributed by atoms with Crippen LogP contribution in [0.2, 0.25) is 0 Å². The van der Waals surface area contributed by atoms with Crippen molar-refractivity contribution in [2.24, 2.45) is 0 Å². The minimum Gasteiger partial charge on any atom is -0.355 e. The minimum atomic E-state index is -3.68. The minimum absolute atomic E-state index is 0.0567. The SMILES string of the molecule is CC(=O)N1CCc2cc(S(=O)(=O)NCCNC(=O)Cc3ccccc3)ccc21. The van der Waals surface area contributed by atoms with Gasteiger partial charge in [0.1, 0.15) is 0 Å². The molecule has 1 aliphatic heterocycles. The van der Waals surface area contributed by atoms with Crippen molar-refractivity contribution >= 4 is 27.5 Å². The molecule has 1 aliphatic rings. The first-order chi connectivity index (χ1) is 13.4. The second-order valence-corrected chi connectivity index (χ2v) is 8.39. The number of nitrogens with one attached hydrogen (secondary N) is 2. The number of sulfonamides is 1. The molecule has 148 valence electrons. The van der Waals surface area contributed by atoms with Crippen LogP contribution in [0.5, 0.6) is 0 Å². The summed E-state index contributed by atoms with van der Waals surface area (Å²) in [7, 11) is -3.68. The molecule has 0 aromatic heterocycles. The van der Waals surface area contributed by atoms with Crippen LogP contribution >= 0.6 is 0 Å². The van der Waals surface area contributed by atoms with E-state index in [0.29, 0.717) is 13.0 Å². The zero-order chi connectivity index (χ0) is 20.1. The molecule has 0 spiro atoms. The van der Waals surface area contributed by atoms with Crippen molar-refractivity contribution < 1.29 is 18.0 Å². The largest absolute Gasteiger partial charge is 0.355 e. The predicted octanol–water partition coefficient (Wildman–Crippen LogP) is 1.23. The van der Waals surface area contributed by atoms with Crippen molar-refractivity contribution in [1.29, 1.82) is 0 Å². The number of fused-ring (bicyclic) bond motifs is 1. The number of amides is 2. The Kier molecular flexibility index (Phi) is 6.11. The molecule has 3 rings (SSSR count). The van der Waals surface area contributed by atoms with Crippen LogP contribution in [-0.2, 0) is 32.5 Å².